The zero-order valence-corrected chi connectivity index (χ0v) is 15.1. The van der Waals surface area contributed by atoms with Crippen LogP contribution in [-0.2, 0) is 14.3 Å². The van der Waals surface area contributed by atoms with Gasteiger partial charge in [-0.1, -0.05) is 54.6 Å². The Morgan fingerprint density at radius 2 is 1.82 bits per heavy atom. The van der Waals surface area contributed by atoms with Gasteiger partial charge in [-0.15, -0.1) is 0 Å². The maximum atomic E-state index is 13.6. The molecule has 5 nitrogen and oxygen atoms in total. The van der Waals surface area contributed by atoms with E-state index in [0.717, 1.165) is 11.1 Å². The van der Waals surface area contributed by atoms with Gasteiger partial charge in [0.2, 0.25) is 6.29 Å². The van der Waals surface area contributed by atoms with E-state index < -0.39 is 12.3 Å². The minimum Gasteiger partial charge on any atom is -0.359 e. The molecule has 0 saturated carbocycles. The number of benzene rings is 2. The Hall–Kier alpha value is -2.76. The zero-order chi connectivity index (χ0) is 18.8. The molecule has 28 heavy (non-hydrogen) atoms. The number of ether oxygens (including phenoxy) is 2. The number of ketones is 2. The van der Waals surface area contributed by atoms with Crippen molar-refractivity contribution in [3.63, 3.8) is 0 Å². The Morgan fingerprint density at radius 3 is 2.68 bits per heavy atom. The van der Waals surface area contributed by atoms with E-state index >= 15 is 0 Å². The second-order valence-electron chi connectivity index (χ2n) is 7.86. The molecule has 4 aliphatic heterocycles. The standard InChI is InChI=1S/C23H19NO4/c25-21(14-7-2-1-3-8-14)20-17-16-12-27-23(28-16)22(26)18(17)19-15-9-5-4-6-13(15)10-11-24(19)20/h1-11,16-20,23H,12H2/t16-,17+,18-,19+,20-,23-/m1/s1. The molecule has 2 bridgehead atoms. The minimum atomic E-state index is -0.795. The summed E-state index contributed by atoms with van der Waals surface area (Å²) in [5, 5.41) is 0. The van der Waals surface area contributed by atoms with E-state index in [0.29, 0.717) is 12.2 Å². The van der Waals surface area contributed by atoms with Crippen LogP contribution in [0.5, 0.6) is 0 Å². The van der Waals surface area contributed by atoms with Crippen LogP contribution in [0.4, 0.5) is 0 Å². The number of carbonyl (C=O) groups excluding carboxylic acids is 2. The van der Waals surface area contributed by atoms with E-state index in [1.807, 2.05) is 54.7 Å². The number of hydrogen-bond donors (Lipinski definition) is 0. The van der Waals surface area contributed by atoms with Gasteiger partial charge in [-0.3, -0.25) is 9.59 Å². The average molecular weight is 373 g/mol. The molecular weight excluding hydrogens is 354 g/mol. The van der Waals surface area contributed by atoms with Crippen LogP contribution in [0.25, 0.3) is 6.08 Å². The van der Waals surface area contributed by atoms with E-state index in [-0.39, 0.29) is 35.5 Å². The van der Waals surface area contributed by atoms with Gasteiger partial charge in [0, 0.05) is 17.7 Å². The summed E-state index contributed by atoms with van der Waals surface area (Å²) in [5.41, 5.74) is 2.86. The Kier molecular flexibility index (Phi) is 3.40. The predicted molar refractivity (Wildman–Crippen MR) is 101 cm³/mol. The van der Waals surface area contributed by atoms with Crippen molar-refractivity contribution in [2.75, 3.05) is 6.61 Å². The van der Waals surface area contributed by atoms with Crippen molar-refractivity contribution >= 4 is 17.6 Å². The topological polar surface area (TPSA) is 55.8 Å². The first kappa shape index (κ1) is 16.2. The number of fused-ring (bicyclic) bond motifs is 8. The molecule has 3 saturated heterocycles. The molecule has 140 valence electrons. The number of hydrogen-bond acceptors (Lipinski definition) is 5. The van der Waals surface area contributed by atoms with Crippen LogP contribution in [0.2, 0.25) is 0 Å². The summed E-state index contributed by atoms with van der Waals surface area (Å²) in [5.74, 6) is -0.541. The Labute approximate surface area is 162 Å². The second-order valence-corrected chi connectivity index (χ2v) is 7.86. The predicted octanol–water partition coefficient (Wildman–Crippen LogP) is 2.84. The lowest BCUT2D eigenvalue weighted by molar-refractivity contribution is -0.164. The number of Topliss-reactive ketones (excluding diaryl/α,β-unsaturated/α-hetero) is 2. The fraction of sp³-hybridized carbons (Fsp3) is 0.304. The highest BCUT2D eigenvalue weighted by Crippen LogP contribution is 2.54. The first-order valence-electron chi connectivity index (χ1n) is 9.68. The van der Waals surface area contributed by atoms with Crippen molar-refractivity contribution in [3.8, 4) is 0 Å². The van der Waals surface area contributed by atoms with Crippen LogP contribution in [0.15, 0.2) is 60.8 Å². The van der Waals surface area contributed by atoms with Crippen molar-refractivity contribution < 1.29 is 19.1 Å². The van der Waals surface area contributed by atoms with Gasteiger partial charge in [0.1, 0.15) is 0 Å². The molecule has 2 aromatic carbocycles. The highest BCUT2D eigenvalue weighted by Gasteiger charge is 2.63. The third-order valence-electron chi connectivity index (χ3n) is 6.53. The monoisotopic (exact) mass is 373 g/mol. The maximum absolute atomic E-state index is 13.6. The van der Waals surface area contributed by atoms with E-state index in [9.17, 15) is 9.59 Å². The molecule has 0 N–H and O–H groups in total. The molecule has 4 aliphatic rings. The summed E-state index contributed by atoms with van der Waals surface area (Å²) in [4.78, 5) is 28.9. The Bertz CT molecular complexity index is 1000. The summed E-state index contributed by atoms with van der Waals surface area (Å²) < 4.78 is 11.5. The first-order chi connectivity index (χ1) is 13.7. The molecule has 2 aromatic rings. The normalized spacial score (nSPS) is 34.7. The SMILES string of the molecule is O=C1[C@@H]2OC[C@@H](O2)[C@H]2[C@@H]1[C@@H]1c3ccccc3C=CN1[C@H]2C(=O)c1ccccc1. The van der Waals surface area contributed by atoms with E-state index in [1.165, 1.54) is 0 Å². The summed E-state index contributed by atoms with van der Waals surface area (Å²) in [6.07, 6.45) is 2.99. The van der Waals surface area contributed by atoms with Gasteiger partial charge in [-0.2, -0.15) is 0 Å². The van der Waals surface area contributed by atoms with Crippen molar-refractivity contribution in [1.29, 1.82) is 0 Å². The molecule has 4 heterocycles. The van der Waals surface area contributed by atoms with Gasteiger partial charge in [0.05, 0.1) is 30.7 Å². The Balaban J connectivity index is 1.52. The first-order valence-corrected chi connectivity index (χ1v) is 9.68. The third kappa shape index (κ3) is 2.09. The zero-order valence-electron chi connectivity index (χ0n) is 15.1. The summed E-state index contributed by atoms with van der Waals surface area (Å²) in [6, 6.07) is 16.8. The molecule has 0 aliphatic carbocycles. The maximum Gasteiger partial charge on any atom is 0.218 e. The lowest BCUT2D eigenvalue weighted by atomic mass is 9.75. The molecule has 6 rings (SSSR count). The lowest BCUT2D eigenvalue weighted by Crippen LogP contribution is -2.48. The van der Waals surface area contributed by atoms with Gasteiger partial charge < -0.3 is 14.4 Å². The van der Waals surface area contributed by atoms with Gasteiger partial charge in [-0.25, -0.2) is 0 Å². The molecule has 0 aromatic heterocycles. The van der Waals surface area contributed by atoms with E-state index in [2.05, 4.69) is 17.0 Å². The molecule has 5 heteroatoms. The quantitative estimate of drug-likeness (QED) is 0.758. The highest BCUT2D eigenvalue weighted by atomic mass is 16.7. The van der Waals surface area contributed by atoms with E-state index in [1.54, 1.807) is 0 Å². The van der Waals surface area contributed by atoms with Crippen LogP contribution in [0.1, 0.15) is 27.5 Å². The molecular formula is C23H19NO4. The second kappa shape index (κ2) is 5.87. The van der Waals surface area contributed by atoms with Crippen molar-refractivity contribution in [3.05, 3.63) is 77.5 Å². The average Bonchev–Trinajstić information content (AvgIpc) is 3.33. The van der Waals surface area contributed by atoms with Gasteiger partial charge in [0.25, 0.3) is 0 Å². The number of carbonyl (C=O) groups is 2. The summed E-state index contributed by atoms with van der Waals surface area (Å²) in [7, 11) is 0. The fourth-order valence-corrected chi connectivity index (χ4v) is 5.39. The lowest BCUT2D eigenvalue weighted by Gasteiger charge is -2.34. The molecule has 3 fully saturated rings. The van der Waals surface area contributed by atoms with Crippen LogP contribution in [-0.4, -0.2) is 41.5 Å². The van der Waals surface area contributed by atoms with Crippen LogP contribution in [0, 0.1) is 11.8 Å². The molecule has 0 amide bonds. The van der Waals surface area contributed by atoms with E-state index in [4.69, 9.17) is 9.47 Å². The van der Waals surface area contributed by atoms with Crippen LogP contribution < -0.4 is 0 Å². The largest absolute Gasteiger partial charge is 0.359 e. The minimum absolute atomic E-state index is 0.0314. The van der Waals surface area contributed by atoms with Gasteiger partial charge >= 0.3 is 0 Å². The third-order valence-corrected chi connectivity index (χ3v) is 6.53. The van der Waals surface area contributed by atoms with Crippen molar-refractivity contribution in [1.82, 2.24) is 4.90 Å². The molecule has 6 atom stereocenters. The molecule has 0 unspecified atom stereocenters. The Morgan fingerprint density at radius 1 is 1.04 bits per heavy atom. The fourth-order valence-electron chi connectivity index (χ4n) is 5.39. The van der Waals surface area contributed by atoms with Crippen molar-refractivity contribution in [2.24, 2.45) is 11.8 Å². The number of rotatable bonds is 2. The van der Waals surface area contributed by atoms with Crippen LogP contribution in [0.3, 0.4) is 0 Å². The molecule has 0 radical (unpaired) electrons. The highest BCUT2D eigenvalue weighted by molar-refractivity contribution is 6.02. The summed E-state index contributed by atoms with van der Waals surface area (Å²) in [6.45, 7) is 0.363. The summed E-state index contributed by atoms with van der Waals surface area (Å²) >= 11 is 0. The molecule has 0 spiro atoms. The van der Waals surface area contributed by atoms with Crippen LogP contribution >= 0.6 is 0 Å². The van der Waals surface area contributed by atoms with Gasteiger partial charge in [-0.05, 0) is 17.2 Å². The smallest absolute Gasteiger partial charge is 0.218 e. The van der Waals surface area contributed by atoms with Crippen molar-refractivity contribution in [2.45, 2.75) is 24.5 Å². The van der Waals surface area contributed by atoms with Gasteiger partial charge in [0.15, 0.2) is 11.6 Å². The number of nitrogens with zero attached hydrogens (tertiary/aromatic N) is 1.